The summed E-state index contributed by atoms with van der Waals surface area (Å²) in [5.41, 5.74) is 5.02. The van der Waals surface area contributed by atoms with E-state index < -0.39 is 16.9 Å². The van der Waals surface area contributed by atoms with Gasteiger partial charge >= 0.3 is 0 Å². The molecule has 0 spiro atoms. The quantitative estimate of drug-likeness (QED) is 0.597. The Morgan fingerprint density at radius 3 is 2.95 bits per heavy atom. The topological polar surface area (TPSA) is 123 Å². The third kappa shape index (κ3) is 2.69. The molecule has 8 heteroatoms. The highest BCUT2D eigenvalue weighted by molar-refractivity contribution is 5.98. The number of nitrogens with zero attached hydrogens (tertiary/aromatic N) is 3. The second-order valence-corrected chi connectivity index (χ2v) is 4.97. The summed E-state index contributed by atoms with van der Waals surface area (Å²) in [7, 11) is 0. The molecule has 0 radical (unpaired) electrons. The molecule has 0 bridgehead atoms. The standard InChI is InChI=1S/C12H16N4O4/c1-7-2-3-15(6-10(7)17)12(18)8-4-11(13)14-5-9(8)16(19)20/h4-5,7,10,17H,2-3,6H2,1H3,(H2,13,14). The highest BCUT2D eigenvalue weighted by Gasteiger charge is 2.31. The zero-order valence-electron chi connectivity index (χ0n) is 11.0. The van der Waals surface area contributed by atoms with Crippen molar-refractivity contribution in [1.82, 2.24) is 9.88 Å². The fourth-order valence-corrected chi connectivity index (χ4v) is 2.18. The van der Waals surface area contributed by atoms with Gasteiger partial charge in [0.05, 0.1) is 11.0 Å². The molecule has 8 nitrogen and oxygen atoms in total. The van der Waals surface area contributed by atoms with Crippen molar-refractivity contribution in [1.29, 1.82) is 0 Å². The predicted octanol–water partition coefficient (Wildman–Crippen LogP) is 0.415. The summed E-state index contributed by atoms with van der Waals surface area (Å²) >= 11 is 0. The molecule has 1 amide bonds. The van der Waals surface area contributed by atoms with E-state index in [2.05, 4.69) is 4.98 Å². The first-order valence-corrected chi connectivity index (χ1v) is 6.27. The van der Waals surface area contributed by atoms with E-state index in [0.29, 0.717) is 13.0 Å². The lowest BCUT2D eigenvalue weighted by molar-refractivity contribution is -0.385. The van der Waals surface area contributed by atoms with Gasteiger partial charge in [-0.15, -0.1) is 0 Å². The van der Waals surface area contributed by atoms with Crippen LogP contribution in [0.4, 0.5) is 11.5 Å². The highest BCUT2D eigenvalue weighted by Crippen LogP contribution is 2.24. The Morgan fingerprint density at radius 2 is 2.35 bits per heavy atom. The molecule has 0 aliphatic carbocycles. The molecule has 1 aliphatic rings. The summed E-state index contributed by atoms with van der Waals surface area (Å²) < 4.78 is 0. The van der Waals surface area contributed by atoms with Gasteiger partial charge in [0.1, 0.15) is 17.6 Å². The molecule has 108 valence electrons. The molecule has 3 N–H and O–H groups in total. The number of piperidine rings is 1. The van der Waals surface area contributed by atoms with Crippen LogP contribution in [0.1, 0.15) is 23.7 Å². The highest BCUT2D eigenvalue weighted by atomic mass is 16.6. The summed E-state index contributed by atoms with van der Waals surface area (Å²) in [5.74, 6) is -0.349. The van der Waals surface area contributed by atoms with Gasteiger partial charge in [-0.2, -0.15) is 0 Å². The second kappa shape index (κ2) is 5.41. The lowest BCUT2D eigenvalue weighted by atomic mass is 9.95. The molecule has 0 aromatic carbocycles. The first-order valence-electron chi connectivity index (χ1n) is 6.27. The number of nitrogens with two attached hydrogens (primary N) is 1. The minimum absolute atomic E-state index is 0.0462. The Labute approximate surface area is 115 Å². The Balaban J connectivity index is 2.29. The minimum atomic E-state index is -0.664. The maximum absolute atomic E-state index is 12.4. The Kier molecular flexibility index (Phi) is 3.84. The molecule has 2 unspecified atom stereocenters. The molecule has 1 saturated heterocycles. The van der Waals surface area contributed by atoms with E-state index in [1.165, 1.54) is 11.0 Å². The SMILES string of the molecule is CC1CCN(C(=O)c2cc(N)ncc2[N+](=O)[O-])CC1O. The minimum Gasteiger partial charge on any atom is -0.391 e. The van der Waals surface area contributed by atoms with Crippen molar-refractivity contribution in [2.75, 3.05) is 18.8 Å². The Morgan fingerprint density at radius 1 is 1.65 bits per heavy atom. The smallest absolute Gasteiger partial charge is 0.300 e. The molecule has 20 heavy (non-hydrogen) atoms. The van der Waals surface area contributed by atoms with Crippen molar-refractivity contribution in [3.05, 3.63) is 27.9 Å². The number of hydrogen-bond acceptors (Lipinski definition) is 6. The molecule has 2 rings (SSSR count). The van der Waals surface area contributed by atoms with Crippen LogP contribution in [0, 0.1) is 16.0 Å². The number of anilines is 1. The summed E-state index contributed by atoms with van der Waals surface area (Å²) in [5, 5.41) is 20.8. The van der Waals surface area contributed by atoms with Crippen molar-refractivity contribution in [3.8, 4) is 0 Å². The Bertz CT molecular complexity index is 548. The zero-order chi connectivity index (χ0) is 14.9. The first-order chi connectivity index (χ1) is 9.40. The number of carbonyl (C=O) groups excluding carboxylic acids is 1. The molecule has 2 heterocycles. The van der Waals surface area contributed by atoms with Crippen LogP contribution in [-0.4, -0.2) is 45.0 Å². The van der Waals surface area contributed by atoms with E-state index in [-0.39, 0.29) is 29.5 Å². The van der Waals surface area contributed by atoms with Crippen molar-refractivity contribution in [2.24, 2.45) is 5.92 Å². The molecular formula is C12H16N4O4. The second-order valence-electron chi connectivity index (χ2n) is 4.97. The van der Waals surface area contributed by atoms with Crippen LogP contribution >= 0.6 is 0 Å². The molecule has 1 aliphatic heterocycles. The number of aromatic nitrogens is 1. The third-order valence-electron chi connectivity index (χ3n) is 3.54. The van der Waals surface area contributed by atoms with E-state index >= 15 is 0 Å². The van der Waals surface area contributed by atoms with E-state index in [1.54, 1.807) is 0 Å². The normalized spacial score (nSPS) is 22.6. The number of amides is 1. The lowest BCUT2D eigenvalue weighted by Gasteiger charge is -2.34. The van der Waals surface area contributed by atoms with E-state index in [4.69, 9.17) is 5.73 Å². The van der Waals surface area contributed by atoms with Crippen LogP contribution in [0.3, 0.4) is 0 Å². The Hall–Kier alpha value is -2.22. The molecule has 1 aromatic rings. The largest absolute Gasteiger partial charge is 0.391 e. The fourth-order valence-electron chi connectivity index (χ4n) is 2.18. The molecule has 1 fully saturated rings. The number of nitrogen functional groups attached to an aromatic ring is 1. The van der Waals surface area contributed by atoms with Gasteiger partial charge in [0.25, 0.3) is 11.6 Å². The van der Waals surface area contributed by atoms with Gasteiger partial charge in [-0.25, -0.2) is 4.98 Å². The maximum Gasteiger partial charge on any atom is 0.300 e. The van der Waals surface area contributed by atoms with E-state index in [9.17, 15) is 20.0 Å². The monoisotopic (exact) mass is 280 g/mol. The number of hydrogen-bond donors (Lipinski definition) is 2. The summed E-state index contributed by atoms with van der Waals surface area (Å²) in [4.78, 5) is 27.7. The average Bonchev–Trinajstić information content (AvgIpc) is 2.40. The van der Waals surface area contributed by atoms with Crippen molar-refractivity contribution in [3.63, 3.8) is 0 Å². The zero-order valence-corrected chi connectivity index (χ0v) is 11.0. The summed E-state index contributed by atoms with van der Waals surface area (Å²) in [6.45, 7) is 2.52. The third-order valence-corrected chi connectivity index (χ3v) is 3.54. The van der Waals surface area contributed by atoms with Gasteiger partial charge in [0.2, 0.25) is 0 Å². The lowest BCUT2D eigenvalue weighted by Crippen LogP contribution is -2.46. The molecule has 0 saturated carbocycles. The van der Waals surface area contributed by atoms with Crippen molar-refractivity contribution < 1.29 is 14.8 Å². The van der Waals surface area contributed by atoms with Crippen molar-refractivity contribution in [2.45, 2.75) is 19.4 Å². The molecular weight excluding hydrogens is 264 g/mol. The predicted molar refractivity (Wildman–Crippen MR) is 71.0 cm³/mol. The maximum atomic E-state index is 12.4. The fraction of sp³-hybridized carbons (Fsp3) is 0.500. The number of carbonyl (C=O) groups is 1. The number of aliphatic hydroxyl groups excluding tert-OH is 1. The van der Waals surface area contributed by atoms with E-state index in [0.717, 1.165) is 6.20 Å². The first kappa shape index (κ1) is 14.2. The number of pyridine rings is 1. The number of aliphatic hydroxyl groups is 1. The van der Waals surface area contributed by atoms with Crippen LogP contribution < -0.4 is 5.73 Å². The number of β-amino-alcohol motifs (C(OH)–C–C–N with tert-alkyl or cyclic N) is 1. The summed E-state index contributed by atoms with van der Waals surface area (Å²) in [6, 6.07) is 1.20. The van der Waals surface area contributed by atoms with Crippen LogP contribution in [0.2, 0.25) is 0 Å². The van der Waals surface area contributed by atoms with Crippen LogP contribution in [0.25, 0.3) is 0 Å². The van der Waals surface area contributed by atoms with Crippen molar-refractivity contribution >= 4 is 17.4 Å². The van der Waals surface area contributed by atoms with Gasteiger partial charge < -0.3 is 15.7 Å². The van der Waals surface area contributed by atoms with Crippen LogP contribution in [-0.2, 0) is 0 Å². The number of nitro groups is 1. The molecule has 2 atom stereocenters. The van der Waals surface area contributed by atoms with Gasteiger partial charge in [-0.05, 0) is 18.4 Å². The summed E-state index contributed by atoms with van der Waals surface area (Å²) in [6.07, 6.45) is 1.01. The number of likely N-dealkylation sites (tertiary alicyclic amines) is 1. The number of rotatable bonds is 2. The average molecular weight is 280 g/mol. The van der Waals surface area contributed by atoms with Crippen LogP contribution in [0.5, 0.6) is 0 Å². The van der Waals surface area contributed by atoms with Gasteiger partial charge in [-0.3, -0.25) is 14.9 Å². The van der Waals surface area contributed by atoms with Gasteiger partial charge in [0, 0.05) is 13.1 Å². The van der Waals surface area contributed by atoms with E-state index in [1.807, 2.05) is 6.92 Å². The van der Waals surface area contributed by atoms with Crippen LogP contribution in [0.15, 0.2) is 12.3 Å². The van der Waals surface area contributed by atoms with Gasteiger partial charge in [0.15, 0.2) is 0 Å². The van der Waals surface area contributed by atoms with Gasteiger partial charge in [-0.1, -0.05) is 6.92 Å². The molecule has 1 aromatic heterocycles.